The molecule has 2 bridgehead atoms. The quantitative estimate of drug-likeness (QED) is 0.373. The summed E-state index contributed by atoms with van der Waals surface area (Å²) in [4.78, 5) is 43.6. The standard InChI is InChI=1S/C29H31N5O4/c1-18-24(8-5-9-25(18)33-29(37)38)28(36)32-21-14-22-11-12-23(15-21)34(22)26-13-10-20(17-30-26)27(35)31-16-19-6-3-2-4-7-19/h2-10,13,17,21-23,33H,11-12,14-16H2,1H3,(H,31,35)(H,32,36)(H,37,38). The average molecular weight is 514 g/mol. The fraction of sp³-hybridized carbons (Fsp3) is 0.310. The Bertz CT molecular complexity index is 1310. The number of anilines is 2. The number of carbonyl (C=O) groups is 3. The van der Waals surface area contributed by atoms with Gasteiger partial charge in [0.1, 0.15) is 5.82 Å². The number of piperidine rings is 1. The first-order valence-electron chi connectivity index (χ1n) is 12.9. The molecule has 4 N–H and O–H groups in total. The Hall–Kier alpha value is -4.40. The first-order chi connectivity index (χ1) is 18.4. The van der Waals surface area contributed by atoms with Crippen LogP contribution in [0.4, 0.5) is 16.3 Å². The highest BCUT2D eigenvalue weighted by molar-refractivity contribution is 5.98. The first-order valence-corrected chi connectivity index (χ1v) is 12.9. The Kier molecular flexibility index (Phi) is 7.26. The summed E-state index contributed by atoms with van der Waals surface area (Å²) in [6.07, 6.45) is 4.11. The van der Waals surface area contributed by atoms with Crippen LogP contribution < -0.4 is 20.9 Å². The Morgan fingerprint density at radius 2 is 1.68 bits per heavy atom. The van der Waals surface area contributed by atoms with Crippen LogP contribution in [0, 0.1) is 6.92 Å². The topological polar surface area (TPSA) is 124 Å². The second kappa shape index (κ2) is 10.9. The molecule has 2 aliphatic heterocycles. The van der Waals surface area contributed by atoms with Gasteiger partial charge in [0.2, 0.25) is 0 Å². The predicted molar refractivity (Wildman–Crippen MR) is 144 cm³/mol. The van der Waals surface area contributed by atoms with E-state index in [1.165, 1.54) is 0 Å². The van der Waals surface area contributed by atoms with Gasteiger partial charge in [-0.05, 0) is 68.0 Å². The van der Waals surface area contributed by atoms with E-state index in [1.54, 1.807) is 31.3 Å². The van der Waals surface area contributed by atoms with Crippen LogP contribution in [0.5, 0.6) is 0 Å². The van der Waals surface area contributed by atoms with Crippen molar-refractivity contribution in [3.05, 3.63) is 89.1 Å². The molecule has 2 unspecified atom stereocenters. The normalized spacial score (nSPS) is 20.0. The zero-order valence-corrected chi connectivity index (χ0v) is 21.2. The van der Waals surface area contributed by atoms with Gasteiger partial charge in [0, 0.05) is 42.1 Å². The number of nitrogens with one attached hydrogen (secondary N) is 3. The van der Waals surface area contributed by atoms with Gasteiger partial charge in [0.05, 0.1) is 5.56 Å². The number of rotatable bonds is 7. The maximum absolute atomic E-state index is 13.1. The molecule has 9 heteroatoms. The van der Waals surface area contributed by atoms with Gasteiger partial charge < -0.3 is 20.6 Å². The van der Waals surface area contributed by atoms with E-state index in [0.717, 1.165) is 37.1 Å². The van der Waals surface area contributed by atoms with Gasteiger partial charge in [-0.1, -0.05) is 36.4 Å². The lowest BCUT2D eigenvalue weighted by Crippen LogP contribution is -2.50. The van der Waals surface area contributed by atoms with Gasteiger partial charge in [0.15, 0.2) is 0 Å². The lowest BCUT2D eigenvalue weighted by atomic mass is 9.96. The Morgan fingerprint density at radius 3 is 2.34 bits per heavy atom. The SMILES string of the molecule is Cc1c(NC(=O)O)cccc1C(=O)NC1CC2CCC(C1)N2c1ccc(C(=O)NCc2ccccc2)cn1. The van der Waals surface area contributed by atoms with Gasteiger partial charge >= 0.3 is 6.09 Å². The predicted octanol–water partition coefficient (Wildman–Crippen LogP) is 4.34. The van der Waals surface area contributed by atoms with Crippen LogP contribution in [0.25, 0.3) is 0 Å². The molecule has 0 aliphatic carbocycles. The number of nitrogens with zero attached hydrogens (tertiary/aromatic N) is 2. The number of amides is 3. The molecule has 2 aromatic carbocycles. The van der Waals surface area contributed by atoms with Crippen LogP contribution in [0.3, 0.4) is 0 Å². The van der Waals surface area contributed by atoms with Crippen LogP contribution in [0.2, 0.25) is 0 Å². The summed E-state index contributed by atoms with van der Waals surface area (Å²) < 4.78 is 0. The minimum atomic E-state index is -1.16. The molecule has 3 amide bonds. The van der Waals surface area contributed by atoms with Gasteiger partial charge in [0.25, 0.3) is 11.8 Å². The van der Waals surface area contributed by atoms with E-state index < -0.39 is 6.09 Å². The number of pyridine rings is 1. The maximum atomic E-state index is 13.1. The summed E-state index contributed by atoms with van der Waals surface area (Å²) >= 11 is 0. The molecule has 3 heterocycles. The molecule has 0 saturated carbocycles. The highest BCUT2D eigenvalue weighted by atomic mass is 16.4. The van der Waals surface area contributed by atoms with Crippen molar-refractivity contribution in [3.8, 4) is 0 Å². The van der Waals surface area contributed by atoms with Crippen molar-refractivity contribution in [2.75, 3.05) is 10.2 Å². The van der Waals surface area contributed by atoms with Gasteiger partial charge in [-0.3, -0.25) is 14.9 Å². The number of benzene rings is 2. The summed E-state index contributed by atoms with van der Waals surface area (Å²) in [5, 5.41) is 17.5. The molecule has 2 atom stereocenters. The summed E-state index contributed by atoms with van der Waals surface area (Å²) in [5.41, 5.74) is 3.04. The molecule has 1 aromatic heterocycles. The third-order valence-electron chi connectivity index (χ3n) is 7.46. The Balaban J connectivity index is 1.20. The molecule has 38 heavy (non-hydrogen) atoms. The van der Waals surface area contributed by atoms with E-state index in [4.69, 9.17) is 5.11 Å². The summed E-state index contributed by atoms with van der Waals surface area (Å²) in [5.74, 6) is 0.499. The van der Waals surface area contributed by atoms with E-state index in [2.05, 4.69) is 25.8 Å². The zero-order chi connectivity index (χ0) is 26.6. The molecular weight excluding hydrogens is 482 g/mol. The second-order valence-electron chi connectivity index (χ2n) is 9.92. The Morgan fingerprint density at radius 1 is 0.947 bits per heavy atom. The molecule has 2 saturated heterocycles. The van der Waals surface area contributed by atoms with Crippen molar-refractivity contribution in [1.82, 2.24) is 15.6 Å². The van der Waals surface area contributed by atoms with Gasteiger partial charge in [-0.2, -0.15) is 0 Å². The van der Waals surface area contributed by atoms with Crippen molar-refractivity contribution >= 4 is 29.4 Å². The van der Waals surface area contributed by atoms with Gasteiger partial charge in [-0.25, -0.2) is 9.78 Å². The number of hydrogen-bond acceptors (Lipinski definition) is 5. The number of carboxylic acid groups (broad SMARTS) is 1. The molecule has 3 aromatic rings. The first kappa shape index (κ1) is 25.3. The summed E-state index contributed by atoms with van der Waals surface area (Å²) in [6, 6.07) is 19.1. The lowest BCUT2D eigenvalue weighted by Gasteiger charge is -2.40. The molecule has 2 aliphatic rings. The van der Waals surface area contributed by atoms with Crippen LogP contribution in [-0.2, 0) is 6.54 Å². The van der Waals surface area contributed by atoms with Crippen LogP contribution >= 0.6 is 0 Å². The van der Waals surface area contributed by atoms with E-state index in [-0.39, 0.29) is 29.9 Å². The van der Waals surface area contributed by atoms with Crippen LogP contribution in [-0.4, -0.2) is 46.1 Å². The second-order valence-corrected chi connectivity index (χ2v) is 9.92. The minimum absolute atomic E-state index is 0.0229. The molecule has 196 valence electrons. The molecule has 9 nitrogen and oxygen atoms in total. The fourth-order valence-electron chi connectivity index (χ4n) is 5.62. The summed E-state index contributed by atoms with van der Waals surface area (Å²) in [6.45, 7) is 2.20. The lowest BCUT2D eigenvalue weighted by molar-refractivity contribution is 0.0924. The van der Waals surface area contributed by atoms with E-state index in [1.807, 2.05) is 42.5 Å². The fourth-order valence-corrected chi connectivity index (χ4v) is 5.62. The van der Waals surface area contributed by atoms with Crippen molar-refractivity contribution in [2.45, 2.75) is 57.3 Å². The molecular formula is C29H31N5O4. The molecule has 2 fully saturated rings. The third kappa shape index (κ3) is 5.46. The highest BCUT2D eigenvalue weighted by Crippen LogP contribution is 2.38. The number of carbonyl (C=O) groups excluding carboxylic acids is 2. The van der Waals surface area contributed by atoms with E-state index >= 15 is 0 Å². The van der Waals surface area contributed by atoms with Gasteiger partial charge in [-0.15, -0.1) is 0 Å². The molecule has 0 radical (unpaired) electrons. The maximum Gasteiger partial charge on any atom is 0.409 e. The number of hydrogen-bond donors (Lipinski definition) is 4. The third-order valence-corrected chi connectivity index (χ3v) is 7.46. The molecule has 5 rings (SSSR count). The average Bonchev–Trinajstić information content (AvgIpc) is 3.18. The van der Waals surface area contributed by atoms with Crippen molar-refractivity contribution in [1.29, 1.82) is 0 Å². The highest BCUT2D eigenvalue weighted by Gasteiger charge is 2.42. The van der Waals surface area contributed by atoms with Crippen molar-refractivity contribution < 1.29 is 19.5 Å². The van der Waals surface area contributed by atoms with Crippen LogP contribution in [0.1, 0.15) is 57.5 Å². The largest absolute Gasteiger partial charge is 0.465 e. The van der Waals surface area contributed by atoms with E-state index in [9.17, 15) is 14.4 Å². The zero-order valence-electron chi connectivity index (χ0n) is 21.2. The number of fused-ring (bicyclic) bond motifs is 2. The smallest absolute Gasteiger partial charge is 0.409 e. The monoisotopic (exact) mass is 513 g/mol. The Labute approximate surface area is 221 Å². The van der Waals surface area contributed by atoms with Crippen LogP contribution in [0.15, 0.2) is 66.9 Å². The van der Waals surface area contributed by atoms with Crippen molar-refractivity contribution in [3.63, 3.8) is 0 Å². The summed E-state index contributed by atoms with van der Waals surface area (Å²) in [7, 11) is 0. The van der Waals surface area contributed by atoms with Crippen molar-refractivity contribution in [2.24, 2.45) is 0 Å². The number of aromatic nitrogens is 1. The minimum Gasteiger partial charge on any atom is -0.465 e. The van der Waals surface area contributed by atoms with E-state index in [0.29, 0.717) is 28.9 Å². The molecule has 0 spiro atoms.